The van der Waals surface area contributed by atoms with Gasteiger partial charge >= 0.3 is 0 Å². The Bertz CT molecular complexity index is 386. The molecule has 1 fully saturated rings. The van der Waals surface area contributed by atoms with E-state index in [-0.39, 0.29) is 0 Å². The van der Waals surface area contributed by atoms with Gasteiger partial charge in [0.2, 0.25) is 0 Å². The second kappa shape index (κ2) is 5.94. The quantitative estimate of drug-likeness (QED) is 0.871. The van der Waals surface area contributed by atoms with E-state index in [0.29, 0.717) is 6.04 Å². The summed E-state index contributed by atoms with van der Waals surface area (Å²) < 4.78 is 0. The van der Waals surface area contributed by atoms with Crippen molar-refractivity contribution in [3.05, 3.63) is 28.3 Å². The average molecular weight is 267 g/mol. The molecule has 0 amide bonds. The van der Waals surface area contributed by atoms with E-state index in [4.69, 9.17) is 17.3 Å². The fourth-order valence-electron chi connectivity index (χ4n) is 2.78. The molecule has 0 aliphatic heterocycles. The van der Waals surface area contributed by atoms with E-state index in [0.717, 1.165) is 36.0 Å². The molecular formula is C15H23ClN2. The summed E-state index contributed by atoms with van der Waals surface area (Å²) in [6, 6.07) is 4.62. The summed E-state index contributed by atoms with van der Waals surface area (Å²) in [6.07, 6.45) is 4.79. The molecular weight excluding hydrogens is 244 g/mol. The highest BCUT2D eigenvalue weighted by Gasteiger charge is 2.18. The van der Waals surface area contributed by atoms with E-state index in [9.17, 15) is 0 Å². The number of nitrogens with one attached hydrogen (secondary N) is 1. The van der Waals surface area contributed by atoms with Crippen LogP contribution in [-0.4, -0.2) is 12.6 Å². The normalized spacial score (nSPS) is 24.0. The molecule has 1 saturated carbocycles. The van der Waals surface area contributed by atoms with Crippen molar-refractivity contribution in [1.82, 2.24) is 0 Å². The van der Waals surface area contributed by atoms with Crippen LogP contribution in [0.2, 0.25) is 5.02 Å². The maximum absolute atomic E-state index is 6.29. The van der Waals surface area contributed by atoms with Crippen LogP contribution in [0.1, 0.15) is 36.8 Å². The van der Waals surface area contributed by atoms with Crippen molar-refractivity contribution in [1.29, 1.82) is 0 Å². The topological polar surface area (TPSA) is 38.0 Å². The first kappa shape index (κ1) is 13.7. The van der Waals surface area contributed by atoms with Crippen LogP contribution in [0.3, 0.4) is 0 Å². The van der Waals surface area contributed by atoms with Crippen molar-refractivity contribution in [3.8, 4) is 0 Å². The largest absolute Gasteiger partial charge is 0.383 e. The summed E-state index contributed by atoms with van der Waals surface area (Å²) in [5.74, 6) is 0.738. The molecule has 3 heteroatoms. The zero-order chi connectivity index (χ0) is 13.1. The van der Waals surface area contributed by atoms with E-state index in [1.807, 2.05) is 6.07 Å². The zero-order valence-corrected chi connectivity index (χ0v) is 12.1. The van der Waals surface area contributed by atoms with Crippen LogP contribution in [0.15, 0.2) is 12.1 Å². The number of hydrogen-bond donors (Lipinski definition) is 2. The van der Waals surface area contributed by atoms with E-state index in [1.54, 1.807) is 0 Å². The molecule has 0 heterocycles. The number of hydrogen-bond acceptors (Lipinski definition) is 2. The Morgan fingerprint density at radius 2 is 1.89 bits per heavy atom. The van der Waals surface area contributed by atoms with Crippen LogP contribution in [0, 0.1) is 19.8 Å². The van der Waals surface area contributed by atoms with Crippen LogP contribution in [0.25, 0.3) is 0 Å². The van der Waals surface area contributed by atoms with Crippen LogP contribution in [-0.2, 0) is 0 Å². The lowest BCUT2D eigenvalue weighted by Crippen LogP contribution is -2.29. The first-order valence-corrected chi connectivity index (χ1v) is 7.20. The molecule has 1 aliphatic carbocycles. The van der Waals surface area contributed by atoms with Crippen LogP contribution < -0.4 is 11.1 Å². The number of nitrogens with two attached hydrogens (primary N) is 1. The lowest BCUT2D eigenvalue weighted by molar-refractivity contribution is 0.339. The summed E-state index contributed by atoms with van der Waals surface area (Å²) in [7, 11) is 0. The monoisotopic (exact) mass is 266 g/mol. The molecule has 0 bridgehead atoms. The summed E-state index contributed by atoms with van der Waals surface area (Å²) in [6.45, 7) is 5.19. The Balaban J connectivity index is 1.94. The van der Waals surface area contributed by atoms with Gasteiger partial charge in [0.25, 0.3) is 0 Å². The van der Waals surface area contributed by atoms with Gasteiger partial charge in [-0.1, -0.05) is 17.7 Å². The first-order chi connectivity index (χ1) is 8.56. The number of halogens is 1. The molecule has 0 radical (unpaired) electrons. The molecule has 0 aromatic heterocycles. The van der Waals surface area contributed by atoms with Gasteiger partial charge in [-0.15, -0.1) is 0 Å². The Kier molecular flexibility index (Phi) is 4.52. The molecule has 0 unspecified atom stereocenters. The van der Waals surface area contributed by atoms with Crippen molar-refractivity contribution in [3.63, 3.8) is 0 Å². The fourth-order valence-corrected chi connectivity index (χ4v) is 3.17. The zero-order valence-electron chi connectivity index (χ0n) is 11.3. The highest BCUT2D eigenvalue weighted by Crippen LogP contribution is 2.29. The molecule has 1 aromatic rings. The number of aryl methyl sites for hydroxylation is 2. The summed E-state index contributed by atoms with van der Waals surface area (Å²) in [4.78, 5) is 0. The number of benzene rings is 1. The van der Waals surface area contributed by atoms with Gasteiger partial charge in [-0.3, -0.25) is 0 Å². The van der Waals surface area contributed by atoms with Gasteiger partial charge in [0.15, 0.2) is 0 Å². The Morgan fingerprint density at radius 1 is 1.22 bits per heavy atom. The molecule has 0 spiro atoms. The fraction of sp³-hybridized carbons (Fsp3) is 0.600. The minimum absolute atomic E-state index is 0.422. The van der Waals surface area contributed by atoms with Gasteiger partial charge in [0.05, 0.1) is 10.7 Å². The maximum Gasteiger partial charge on any atom is 0.0642 e. The summed E-state index contributed by atoms with van der Waals surface area (Å²) >= 11 is 6.29. The molecule has 2 nitrogen and oxygen atoms in total. The van der Waals surface area contributed by atoms with Crippen LogP contribution in [0.5, 0.6) is 0 Å². The number of anilines is 1. The van der Waals surface area contributed by atoms with Gasteiger partial charge in [0, 0.05) is 12.6 Å². The molecule has 1 aromatic carbocycles. The minimum atomic E-state index is 0.422. The first-order valence-electron chi connectivity index (χ1n) is 6.82. The van der Waals surface area contributed by atoms with E-state index < -0.39 is 0 Å². The molecule has 18 heavy (non-hydrogen) atoms. The smallest absolute Gasteiger partial charge is 0.0642 e. The van der Waals surface area contributed by atoms with Gasteiger partial charge < -0.3 is 11.1 Å². The Labute approximate surface area is 115 Å². The van der Waals surface area contributed by atoms with Crippen molar-refractivity contribution < 1.29 is 0 Å². The van der Waals surface area contributed by atoms with Crippen molar-refractivity contribution in [2.75, 3.05) is 11.9 Å². The second-order valence-electron chi connectivity index (χ2n) is 5.60. The molecule has 1 aliphatic rings. The average Bonchev–Trinajstić information content (AvgIpc) is 2.30. The lowest BCUT2D eigenvalue weighted by Gasteiger charge is -2.27. The third-order valence-corrected chi connectivity index (χ3v) is 4.19. The van der Waals surface area contributed by atoms with Crippen molar-refractivity contribution >= 4 is 17.3 Å². The van der Waals surface area contributed by atoms with Crippen LogP contribution in [0.4, 0.5) is 5.69 Å². The highest BCUT2D eigenvalue weighted by molar-refractivity contribution is 6.33. The van der Waals surface area contributed by atoms with E-state index in [2.05, 4.69) is 25.2 Å². The van der Waals surface area contributed by atoms with Crippen molar-refractivity contribution in [2.45, 2.75) is 45.6 Å². The Morgan fingerprint density at radius 3 is 2.50 bits per heavy atom. The maximum atomic E-state index is 6.29. The summed E-state index contributed by atoms with van der Waals surface area (Å²) in [5, 5.41) is 4.35. The van der Waals surface area contributed by atoms with E-state index >= 15 is 0 Å². The number of rotatable bonds is 3. The SMILES string of the molecule is Cc1cc(C)c(NCC2CCC(N)CC2)c(Cl)c1. The predicted molar refractivity (Wildman–Crippen MR) is 79.3 cm³/mol. The predicted octanol–water partition coefficient (Wildman–Crippen LogP) is 3.89. The third-order valence-electron chi connectivity index (χ3n) is 3.89. The molecule has 2 rings (SSSR count). The third kappa shape index (κ3) is 3.39. The molecule has 3 N–H and O–H groups in total. The lowest BCUT2D eigenvalue weighted by atomic mass is 9.86. The minimum Gasteiger partial charge on any atom is -0.383 e. The highest BCUT2D eigenvalue weighted by atomic mass is 35.5. The van der Waals surface area contributed by atoms with Gasteiger partial charge in [-0.25, -0.2) is 0 Å². The van der Waals surface area contributed by atoms with Gasteiger partial charge in [-0.05, 0) is 62.6 Å². The van der Waals surface area contributed by atoms with E-state index in [1.165, 1.54) is 24.0 Å². The second-order valence-corrected chi connectivity index (χ2v) is 6.01. The van der Waals surface area contributed by atoms with Gasteiger partial charge in [0.1, 0.15) is 0 Å². The van der Waals surface area contributed by atoms with Crippen LogP contribution >= 0.6 is 11.6 Å². The van der Waals surface area contributed by atoms with Gasteiger partial charge in [-0.2, -0.15) is 0 Å². The van der Waals surface area contributed by atoms with Crippen molar-refractivity contribution in [2.24, 2.45) is 11.7 Å². The molecule has 100 valence electrons. The standard InChI is InChI=1S/C15H23ClN2/c1-10-7-11(2)15(14(16)8-10)18-9-12-3-5-13(17)6-4-12/h7-8,12-13,18H,3-6,9,17H2,1-2H3. The molecule has 0 saturated heterocycles. The molecule has 0 atom stereocenters. The Hall–Kier alpha value is -0.730. The summed E-state index contributed by atoms with van der Waals surface area (Å²) in [5.41, 5.74) is 9.47.